The summed E-state index contributed by atoms with van der Waals surface area (Å²) >= 11 is 0. The van der Waals surface area contributed by atoms with Crippen molar-refractivity contribution in [3.05, 3.63) is 54.6 Å². The van der Waals surface area contributed by atoms with E-state index in [1.165, 1.54) is 0 Å². The van der Waals surface area contributed by atoms with Gasteiger partial charge in [-0.3, -0.25) is 14.4 Å². The summed E-state index contributed by atoms with van der Waals surface area (Å²) in [7, 11) is 1.66. The van der Waals surface area contributed by atoms with E-state index in [0.717, 1.165) is 55.2 Å². The predicted octanol–water partition coefficient (Wildman–Crippen LogP) is 2.57. The average Bonchev–Trinajstić information content (AvgIpc) is 3.50. The first-order chi connectivity index (χ1) is 15.2. The highest BCUT2D eigenvalue weighted by atomic mass is 16.5. The van der Waals surface area contributed by atoms with Crippen LogP contribution in [0.1, 0.15) is 18.6 Å². The normalized spacial score (nSPS) is 24.8. The van der Waals surface area contributed by atoms with Crippen LogP contribution in [0.3, 0.4) is 0 Å². The van der Waals surface area contributed by atoms with Crippen LogP contribution in [0.15, 0.2) is 53.3 Å². The molecule has 3 saturated heterocycles. The molecular formula is C23H27N5O3. The maximum atomic E-state index is 12.7. The molecule has 1 aromatic carbocycles. The number of ether oxygens (including phenoxy) is 1. The average molecular weight is 422 g/mol. The van der Waals surface area contributed by atoms with Gasteiger partial charge in [-0.1, -0.05) is 5.21 Å². The van der Waals surface area contributed by atoms with Crippen LogP contribution in [0, 0.1) is 11.8 Å². The third-order valence-electron chi connectivity index (χ3n) is 6.55. The molecule has 3 aliphatic heterocycles. The van der Waals surface area contributed by atoms with Crippen LogP contribution in [0.25, 0.3) is 11.3 Å². The molecule has 4 atom stereocenters. The Morgan fingerprint density at radius 3 is 2.87 bits per heavy atom. The maximum Gasteiger partial charge on any atom is 0.225 e. The molecule has 0 radical (unpaired) electrons. The van der Waals surface area contributed by atoms with Crippen LogP contribution < -0.4 is 10.1 Å². The van der Waals surface area contributed by atoms with Gasteiger partial charge in [-0.2, -0.15) is 0 Å². The fourth-order valence-corrected chi connectivity index (χ4v) is 4.84. The minimum atomic E-state index is 0.0468. The lowest BCUT2D eigenvalue weighted by Crippen LogP contribution is -2.57. The van der Waals surface area contributed by atoms with Crippen molar-refractivity contribution in [2.24, 2.45) is 11.8 Å². The summed E-state index contributed by atoms with van der Waals surface area (Å²) in [4.78, 5) is 15.2. The molecule has 2 aromatic heterocycles. The van der Waals surface area contributed by atoms with E-state index in [2.05, 4.69) is 20.5 Å². The quantitative estimate of drug-likeness (QED) is 0.631. The molecule has 2 bridgehead atoms. The molecule has 3 aliphatic rings. The second-order valence-corrected chi connectivity index (χ2v) is 8.39. The molecule has 5 heterocycles. The number of fused-ring (bicyclic) bond motifs is 3. The number of hydrogen-bond acceptors (Lipinski definition) is 6. The van der Waals surface area contributed by atoms with Gasteiger partial charge in [0.15, 0.2) is 0 Å². The zero-order chi connectivity index (χ0) is 21.2. The van der Waals surface area contributed by atoms with Gasteiger partial charge in [0, 0.05) is 18.2 Å². The molecule has 0 saturated carbocycles. The number of hydrogen-bond donors (Lipinski definition) is 1. The number of nitrogens with zero attached hydrogens (tertiary/aromatic N) is 4. The number of carbonyl (C=O) groups is 1. The molecule has 8 nitrogen and oxygen atoms in total. The monoisotopic (exact) mass is 421 g/mol. The van der Waals surface area contributed by atoms with Gasteiger partial charge in [0.05, 0.1) is 38.6 Å². The molecule has 2 unspecified atom stereocenters. The summed E-state index contributed by atoms with van der Waals surface area (Å²) in [5, 5.41) is 11.7. The van der Waals surface area contributed by atoms with E-state index >= 15 is 0 Å². The number of nitrogens with one attached hydrogen (secondary N) is 1. The predicted molar refractivity (Wildman–Crippen MR) is 114 cm³/mol. The van der Waals surface area contributed by atoms with E-state index in [0.29, 0.717) is 18.5 Å². The summed E-state index contributed by atoms with van der Waals surface area (Å²) in [6.07, 6.45) is 5.71. The van der Waals surface area contributed by atoms with E-state index in [-0.39, 0.29) is 11.8 Å². The third-order valence-corrected chi connectivity index (χ3v) is 6.55. The zero-order valence-electron chi connectivity index (χ0n) is 17.6. The Bertz CT molecular complexity index is 1010. The topological polar surface area (TPSA) is 85.4 Å². The Morgan fingerprint density at radius 1 is 1.29 bits per heavy atom. The van der Waals surface area contributed by atoms with Gasteiger partial charge < -0.3 is 14.5 Å². The lowest BCUT2D eigenvalue weighted by Gasteiger charge is -2.49. The highest BCUT2D eigenvalue weighted by molar-refractivity contribution is 5.79. The van der Waals surface area contributed by atoms with Crippen molar-refractivity contribution < 1.29 is 13.9 Å². The van der Waals surface area contributed by atoms with Crippen LogP contribution in [-0.2, 0) is 17.9 Å². The van der Waals surface area contributed by atoms with Crippen LogP contribution in [-0.4, -0.2) is 52.0 Å². The molecule has 8 heteroatoms. The van der Waals surface area contributed by atoms with Gasteiger partial charge in [0.2, 0.25) is 5.91 Å². The van der Waals surface area contributed by atoms with Crippen molar-refractivity contribution >= 4 is 5.91 Å². The minimum absolute atomic E-state index is 0.0468. The first-order valence-corrected chi connectivity index (χ1v) is 10.8. The van der Waals surface area contributed by atoms with Gasteiger partial charge in [0.1, 0.15) is 17.2 Å². The van der Waals surface area contributed by atoms with Crippen LogP contribution in [0.4, 0.5) is 0 Å². The van der Waals surface area contributed by atoms with Crippen molar-refractivity contribution in [1.82, 2.24) is 25.2 Å². The Labute approximate surface area is 181 Å². The Balaban J connectivity index is 1.19. The van der Waals surface area contributed by atoms with E-state index in [4.69, 9.17) is 9.15 Å². The van der Waals surface area contributed by atoms with E-state index in [9.17, 15) is 4.79 Å². The third kappa shape index (κ3) is 4.20. The molecule has 1 N–H and O–H groups in total. The number of methoxy groups -OCH3 is 1. The highest BCUT2D eigenvalue weighted by Gasteiger charge is 2.43. The summed E-state index contributed by atoms with van der Waals surface area (Å²) in [5.41, 5.74) is 1.87. The molecule has 0 spiro atoms. The molecule has 6 rings (SSSR count). The fraction of sp³-hybridized carbons (Fsp3) is 0.435. The first-order valence-electron chi connectivity index (χ1n) is 10.8. The Morgan fingerprint density at radius 2 is 2.16 bits per heavy atom. The van der Waals surface area contributed by atoms with Crippen molar-refractivity contribution in [2.45, 2.75) is 32.0 Å². The van der Waals surface area contributed by atoms with E-state index < -0.39 is 0 Å². The van der Waals surface area contributed by atoms with E-state index in [1.807, 2.05) is 47.3 Å². The fourth-order valence-electron chi connectivity index (χ4n) is 4.84. The molecule has 0 aliphatic carbocycles. The number of amides is 1. The summed E-state index contributed by atoms with van der Waals surface area (Å²) in [6.45, 7) is 3.09. The lowest BCUT2D eigenvalue weighted by atomic mass is 9.75. The summed E-state index contributed by atoms with van der Waals surface area (Å²) < 4.78 is 12.5. The van der Waals surface area contributed by atoms with Gasteiger partial charge in [-0.25, -0.2) is 0 Å². The van der Waals surface area contributed by atoms with Gasteiger partial charge in [-0.05, 0) is 61.7 Å². The van der Waals surface area contributed by atoms with Crippen LogP contribution in [0.2, 0.25) is 0 Å². The van der Waals surface area contributed by atoms with Gasteiger partial charge >= 0.3 is 0 Å². The smallest absolute Gasteiger partial charge is 0.225 e. The van der Waals surface area contributed by atoms with Crippen molar-refractivity contribution in [3.8, 4) is 17.0 Å². The Kier molecular flexibility index (Phi) is 5.46. The second kappa shape index (κ2) is 8.55. The molecule has 162 valence electrons. The minimum Gasteiger partial charge on any atom is -0.497 e. The maximum absolute atomic E-state index is 12.7. The number of aromatic nitrogens is 3. The Hall–Kier alpha value is -3.13. The SMILES string of the molecule is COc1ccc(-c2cn(C[C@H]3CC4CCN3C[C@@H]4C(=O)NCc3ccco3)nn2)cc1. The second-order valence-electron chi connectivity index (χ2n) is 8.39. The number of rotatable bonds is 7. The lowest BCUT2D eigenvalue weighted by molar-refractivity contribution is -0.133. The van der Waals surface area contributed by atoms with Crippen LogP contribution in [0.5, 0.6) is 5.75 Å². The summed E-state index contributed by atoms with van der Waals surface area (Å²) in [5.74, 6) is 2.20. The largest absolute Gasteiger partial charge is 0.497 e. The van der Waals surface area contributed by atoms with Crippen molar-refractivity contribution in [1.29, 1.82) is 0 Å². The van der Waals surface area contributed by atoms with Gasteiger partial charge in [-0.15, -0.1) is 5.10 Å². The summed E-state index contributed by atoms with van der Waals surface area (Å²) in [6, 6.07) is 11.9. The van der Waals surface area contributed by atoms with Gasteiger partial charge in [0.25, 0.3) is 0 Å². The molecule has 3 aromatic rings. The molecule has 3 fully saturated rings. The molecule has 31 heavy (non-hydrogen) atoms. The highest BCUT2D eigenvalue weighted by Crippen LogP contribution is 2.37. The first kappa shape index (κ1) is 19.8. The van der Waals surface area contributed by atoms with Crippen molar-refractivity contribution in [3.63, 3.8) is 0 Å². The zero-order valence-corrected chi connectivity index (χ0v) is 17.6. The van der Waals surface area contributed by atoms with Crippen LogP contribution >= 0.6 is 0 Å². The van der Waals surface area contributed by atoms with E-state index in [1.54, 1.807) is 13.4 Å². The number of benzene rings is 1. The number of furan rings is 1. The molecular weight excluding hydrogens is 394 g/mol. The standard InChI is InChI=1S/C23H27N5O3/c1-30-19-6-4-16(5-7-19)22-15-28(26-25-22)13-18-11-17-8-9-27(18)14-21(17)23(29)24-12-20-3-2-10-31-20/h2-7,10,15,17-18,21H,8-9,11-14H2,1H3,(H,24,29)/t17?,18-,21+/m1/s1. The molecule has 1 amide bonds. The van der Waals surface area contributed by atoms with Crippen molar-refractivity contribution in [2.75, 3.05) is 20.2 Å². The number of piperidine rings is 3. The number of carbonyl (C=O) groups excluding carboxylic acids is 1.